The Morgan fingerprint density at radius 1 is 1.08 bits per heavy atom. The van der Waals surface area contributed by atoms with Crippen LogP contribution >= 0.6 is 0 Å². The molecule has 138 valence electrons. The third kappa shape index (κ3) is 3.88. The molecule has 2 aliphatic carbocycles. The number of benzene rings is 1. The van der Waals surface area contributed by atoms with Gasteiger partial charge in [0.2, 0.25) is 0 Å². The fourth-order valence-electron chi connectivity index (χ4n) is 4.73. The molecular weight excluding hydrogens is 310 g/mol. The van der Waals surface area contributed by atoms with Crippen LogP contribution in [0.15, 0.2) is 24.3 Å². The average molecular weight is 344 g/mol. The van der Waals surface area contributed by atoms with Gasteiger partial charge in [-0.2, -0.15) is 0 Å². The maximum Gasteiger partial charge on any atom is 0.0880 e. The molecule has 3 nitrogen and oxygen atoms in total. The highest BCUT2D eigenvalue weighted by Crippen LogP contribution is 2.48. The Bertz CT molecular complexity index is 570. The standard InChI is InChI=1S/C22H33NO2/c1-2-15-25-17-22(24)11-9-21(10-12-22)13-14-23(16-21)20-7-5-19(6-8-20)18-3-4-18/h5-8,18,24H,2-4,9-17H2,1H3. The molecule has 0 amide bonds. The topological polar surface area (TPSA) is 32.7 Å². The highest BCUT2D eigenvalue weighted by atomic mass is 16.5. The zero-order valence-electron chi connectivity index (χ0n) is 15.7. The molecule has 25 heavy (non-hydrogen) atoms. The van der Waals surface area contributed by atoms with Crippen molar-refractivity contribution in [2.75, 3.05) is 31.2 Å². The predicted molar refractivity (Wildman–Crippen MR) is 102 cm³/mol. The molecule has 3 aliphatic rings. The first-order valence-corrected chi connectivity index (χ1v) is 10.3. The summed E-state index contributed by atoms with van der Waals surface area (Å²) in [6.45, 7) is 5.71. The molecule has 1 aliphatic heterocycles. The lowest BCUT2D eigenvalue weighted by molar-refractivity contribution is -0.0867. The van der Waals surface area contributed by atoms with Gasteiger partial charge >= 0.3 is 0 Å². The van der Waals surface area contributed by atoms with Crippen LogP contribution in [0, 0.1) is 5.41 Å². The number of hydrogen-bond acceptors (Lipinski definition) is 3. The second-order valence-electron chi connectivity index (χ2n) is 8.81. The quantitative estimate of drug-likeness (QED) is 0.772. The maximum absolute atomic E-state index is 10.8. The lowest BCUT2D eigenvalue weighted by Gasteiger charge is -2.42. The molecule has 1 saturated heterocycles. The van der Waals surface area contributed by atoms with Gasteiger partial charge in [0.15, 0.2) is 0 Å². The molecule has 3 fully saturated rings. The highest BCUT2D eigenvalue weighted by molar-refractivity contribution is 5.50. The third-order valence-electron chi connectivity index (χ3n) is 6.71. The van der Waals surface area contributed by atoms with Gasteiger partial charge in [-0.05, 0) is 80.4 Å². The van der Waals surface area contributed by atoms with Crippen molar-refractivity contribution in [2.45, 2.75) is 69.8 Å². The van der Waals surface area contributed by atoms with Gasteiger partial charge < -0.3 is 14.7 Å². The van der Waals surface area contributed by atoms with Gasteiger partial charge in [0.1, 0.15) is 0 Å². The van der Waals surface area contributed by atoms with E-state index in [1.165, 1.54) is 30.5 Å². The summed E-state index contributed by atoms with van der Waals surface area (Å²) >= 11 is 0. The van der Waals surface area contributed by atoms with E-state index in [1.54, 1.807) is 0 Å². The molecule has 0 bridgehead atoms. The van der Waals surface area contributed by atoms with Gasteiger partial charge in [-0.15, -0.1) is 0 Å². The molecule has 1 spiro atoms. The molecule has 3 heteroatoms. The van der Waals surface area contributed by atoms with Crippen LogP contribution in [-0.4, -0.2) is 37.0 Å². The van der Waals surface area contributed by atoms with Gasteiger partial charge in [-0.25, -0.2) is 0 Å². The van der Waals surface area contributed by atoms with Crippen LogP contribution in [0.1, 0.15) is 69.8 Å². The minimum absolute atomic E-state index is 0.409. The number of aliphatic hydroxyl groups is 1. The van der Waals surface area contributed by atoms with Crippen LogP contribution in [0.5, 0.6) is 0 Å². The second-order valence-corrected chi connectivity index (χ2v) is 8.81. The van der Waals surface area contributed by atoms with E-state index in [4.69, 9.17) is 4.74 Å². The monoisotopic (exact) mass is 343 g/mol. The van der Waals surface area contributed by atoms with Gasteiger partial charge in [0, 0.05) is 25.4 Å². The summed E-state index contributed by atoms with van der Waals surface area (Å²) in [5.41, 5.74) is 2.73. The van der Waals surface area contributed by atoms with E-state index in [1.807, 2.05) is 0 Å². The molecule has 0 atom stereocenters. The van der Waals surface area contributed by atoms with Crippen molar-refractivity contribution in [1.29, 1.82) is 0 Å². The summed E-state index contributed by atoms with van der Waals surface area (Å²) in [5.74, 6) is 0.838. The second kappa shape index (κ2) is 6.92. The first-order chi connectivity index (χ1) is 12.1. The Morgan fingerprint density at radius 3 is 2.44 bits per heavy atom. The number of hydrogen-bond donors (Lipinski definition) is 1. The maximum atomic E-state index is 10.8. The van der Waals surface area contributed by atoms with Crippen LogP contribution < -0.4 is 4.90 Å². The first-order valence-electron chi connectivity index (χ1n) is 10.3. The summed E-state index contributed by atoms with van der Waals surface area (Å²) < 4.78 is 5.64. The van der Waals surface area contributed by atoms with Crippen LogP contribution in [0.25, 0.3) is 0 Å². The van der Waals surface area contributed by atoms with Gasteiger partial charge in [0.05, 0.1) is 12.2 Å². The van der Waals surface area contributed by atoms with E-state index in [0.717, 1.165) is 57.7 Å². The van der Waals surface area contributed by atoms with Crippen molar-refractivity contribution in [3.63, 3.8) is 0 Å². The normalized spacial score (nSPS) is 32.5. The third-order valence-corrected chi connectivity index (χ3v) is 6.71. The van der Waals surface area contributed by atoms with E-state index < -0.39 is 5.60 Å². The van der Waals surface area contributed by atoms with Crippen molar-refractivity contribution < 1.29 is 9.84 Å². The van der Waals surface area contributed by atoms with E-state index in [-0.39, 0.29) is 0 Å². The van der Waals surface area contributed by atoms with Crippen molar-refractivity contribution in [1.82, 2.24) is 0 Å². The molecule has 0 aromatic heterocycles. The summed E-state index contributed by atoms with van der Waals surface area (Å²) in [6, 6.07) is 9.32. The Kier molecular flexibility index (Phi) is 4.81. The molecule has 1 heterocycles. The highest BCUT2D eigenvalue weighted by Gasteiger charge is 2.45. The van der Waals surface area contributed by atoms with Gasteiger partial charge in [0.25, 0.3) is 0 Å². The van der Waals surface area contributed by atoms with Crippen molar-refractivity contribution in [2.24, 2.45) is 5.41 Å². The number of anilines is 1. The van der Waals surface area contributed by atoms with Gasteiger partial charge in [-0.3, -0.25) is 0 Å². The molecule has 2 saturated carbocycles. The molecule has 1 N–H and O–H groups in total. The fourth-order valence-corrected chi connectivity index (χ4v) is 4.73. The Hall–Kier alpha value is -1.06. The molecule has 1 aromatic rings. The molecule has 1 aromatic carbocycles. The average Bonchev–Trinajstić information content (AvgIpc) is 3.40. The largest absolute Gasteiger partial charge is 0.387 e. The number of ether oxygens (including phenoxy) is 1. The molecule has 0 unspecified atom stereocenters. The van der Waals surface area contributed by atoms with Crippen molar-refractivity contribution in [3.05, 3.63) is 29.8 Å². The Balaban J connectivity index is 1.32. The summed E-state index contributed by atoms with van der Waals surface area (Å²) in [4.78, 5) is 2.56. The first kappa shape index (κ1) is 17.4. The molecule has 4 rings (SSSR count). The van der Waals surface area contributed by atoms with Crippen LogP contribution in [0.4, 0.5) is 5.69 Å². The van der Waals surface area contributed by atoms with E-state index in [0.29, 0.717) is 12.0 Å². The zero-order chi connectivity index (χ0) is 17.3. The van der Waals surface area contributed by atoms with E-state index >= 15 is 0 Å². The summed E-state index contributed by atoms with van der Waals surface area (Å²) in [7, 11) is 0. The van der Waals surface area contributed by atoms with Crippen LogP contribution in [0.3, 0.4) is 0 Å². The minimum atomic E-state index is -0.584. The Morgan fingerprint density at radius 2 is 1.80 bits per heavy atom. The fraction of sp³-hybridized carbons (Fsp3) is 0.727. The molecule has 0 radical (unpaired) electrons. The van der Waals surface area contributed by atoms with Gasteiger partial charge in [-0.1, -0.05) is 19.1 Å². The number of rotatable bonds is 6. The van der Waals surface area contributed by atoms with Crippen molar-refractivity contribution >= 4 is 5.69 Å². The summed E-state index contributed by atoms with van der Waals surface area (Å²) in [6.07, 6.45) is 9.09. The predicted octanol–water partition coefficient (Wildman–Crippen LogP) is 4.49. The zero-order valence-corrected chi connectivity index (χ0v) is 15.7. The van der Waals surface area contributed by atoms with Crippen LogP contribution in [0.2, 0.25) is 0 Å². The smallest absolute Gasteiger partial charge is 0.0880 e. The van der Waals surface area contributed by atoms with Crippen LogP contribution in [-0.2, 0) is 4.74 Å². The summed E-state index contributed by atoms with van der Waals surface area (Å²) in [5, 5.41) is 10.8. The lowest BCUT2D eigenvalue weighted by atomic mass is 9.68. The van der Waals surface area contributed by atoms with Crippen molar-refractivity contribution in [3.8, 4) is 0 Å². The minimum Gasteiger partial charge on any atom is -0.387 e. The van der Waals surface area contributed by atoms with E-state index in [2.05, 4.69) is 36.1 Å². The SMILES string of the molecule is CCCOCC1(O)CCC2(CCN(c3ccc(C4CC4)cc3)C2)CC1. The van der Waals surface area contributed by atoms with E-state index in [9.17, 15) is 5.11 Å². The number of nitrogens with zero attached hydrogens (tertiary/aromatic N) is 1. The lowest BCUT2D eigenvalue weighted by Crippen LogP contribution is -2.43. The molecular formula is C22H33NO2. The Labute approximate surface area is 152 Å².